The molecule has 0 aliphatic carbocycles. The van der Waals surface area contributed by atoms with Crippen molar-refractivity contribution in [2.24, 2.45) is 0 Å². The fourth-order valence-corrected chi connectivity index (χ4v) is 3.71. The highest BCUT2D eigenvalue weighted by Gasteiger charge is 2.20. The SMILES string of the molecule is Cc1cc(CN2CCN(Cn3nc(-c4cccs4)oc3=S)CC2)on1. The first kappa shape index (κ1) is 16.6. The van der Waals surface area contributed by atoms with Crippen LogP contribution in [0.3, 0.4) is 0 Å². The van der Waals surface area contributed by atoms with Crippen LogP contribution in [0.4, 0.5) is 0 Å². The standard InChI is InChI=1S/C16H19N5O2S2/c1-12-9-13(23-18-12)10-19-4-6-20(7-5-19)11-21-16(24)22-15(17-21)14-3-2-8-25-14/h2-3,8-9H,4-7,10-11H2,1H3. The van der Waals surface area contributed by atoms with Crippen LogP contribution in [0.2, 0.25) is 0 Å². The zero-order valence-corrected chi connectivity index (χ0v) is 15.6. The van der Waals surface area contributed by atoms with Crippen LogP contribution in [-0.4, -0.2) is 50.9 Å². The zero-order valence-electron chi connectivity index (χ0n) is 13.9. The monoisotopic (exact) mass is 377 g/mol. The molecule has 0 saturated carbocycles. The lowest BCUT2D eigenvalue weighted by atomic mass is 10.3. The molecule has 0 atom stereocenters. The van der Waals surface area contributed by atoms with Crippen LogP contribution in [0.15, 0.2) is 32.5 Å². The lowest BCUT2D eigenvalue weighted by Gasteiger charge is -2.33. The number of hydrogen-bond donors (Lipinski definition) is 0. The lowest BCUT2D eigenvalue weighted by molar-refractivity contribution is 0.0914. The first-order chi connectivity index (χ1) is 12.2. The van der Waals surface area contributed by atoms with E-state index >= 15 is 0 Å². The van der Waals surface area contributed by atoms with Crippen LogP contribution < -0.4 is 0 Å². The summed E-state index contributed by atoms with van der Waals surface area (Å²) in [5.41, 5.74) is 0.926. The highest BCUT2D eigenvalue weighted by Crippen LogP contribution is 2.23. The van der Waals surface area contributed by atoms with Crippen molar-refractivity contribution in [1.29, 1.82) is 0 Å². The van der Waals surface area contributed by atoms with Crippen LogP contribution in [0.1, 0.15) is 11.5 Å². The van der Waals surface area contributed by atoms with Crippen LogP contribution in [-0.2, 0) is 13.2 Å². The molecule has 0 unspecified atom stereocenters. The Hall–Kier alpha value is -1.81. The van der Waals surface area contributed by atoms with Gasteiger partial charge in [0.1, 0.15) is 0 Å². The van der Waals surface area contributed by atoms with Gasteiger partial charge in [-0.15, -0.1) is 16.4 Å². The van der Waals surface area contributed by atoms with Gasteiger partial charge in [0.2, 0.25) is 0 Å². The average Bonchev–Trinajstić information content (AvgIpc) is 3.32. The van der Waals surface area contributed by atoms with Gasteiger partial charge in [-0.1, -0.05) is 11.2 Å². The summed E-state index contributed by atoms with van der Waals surface area (Å²) in [6, 6.07) is 5.96. The van der Waals surface area contributed by atoms with Gasteiger partial charge in [0.15, 0.2) is 5.76 Å². The highest BCUT2D eigenvalue weighted by molar-refractivity contribution is 7.71. The molecule has 0 amide bonds. The molecule has 1 aliphatic heterocycles. The van der Waals surface area contributed by atoms with E-state index in [2.05, 4.69) is 20.1 Å². The van der Waals surface area contributed by atoms with Gasteiger partial charge in [0, 0.05) is 32.2 Å². The van der Waals surface area contributed by atoms with Gasteiger partial charge in [-0.2, -0.15) is 0 Å². The molecule has 4 heterocycles. The molecular weight excluding hydrogens is 358 g/mol. The quantitative estimate of drug-likeness (QED) is 0.633. The predicted molar refractivity (Wildman–Crippen MR) is 96.7 cm³/mol. The van der Waals surface area contributed by atoms with Gasteiger partial charge >= 0.3 is 0 Å². The molecule has 0 aromatic carbocycles. The number of aromatic nitrogens is 3. The van der Waals surface area contributed by atoms with Crippen molar-refractivity contribution >= 4 is 23.6 Å². The Bertz CT molecular complexity index is 875. The molecular formula is C16H19N5O2S2. The van der Waals surface area contributed by atoms with Gasteiger partial charge in [-0.3, -0.25) is 9.80 Å². The van der Waals surface area contributed by atoms with Crippen molar-refractivity contribution in [2.45, 2.75) is 20.1 Å². The molecule has 1 aliphatic rings. The van der Waals surface area contributed by atoms with Gasteiger partial charge in [0.05, 0.1) is 23.8 Å². The van der Waals surface area contributed by atoms with Gasteiger partial charge in [-0.25, -0.2) is 4.68 Å². The lowest BCUT2D eigenvalue weighted by Crippen LogP contribution is -2.46. The fourth-order valence-electron chi connectivity index (χ4n) is 2.88. The molecule has 0 N–H and O–H groups in total. The second-order valence-electron chi connectivity index (χ2n) is 6.12. The Kier molecular flexibility index (Phi) is 4.80. The summed E-state index contributed by atoms with van der Waals surface area (Å²) < 4.78 is 12.7. The molecule has 0 spiro atoms. The first-order valence-electron chi connectivity index (χ1n) is 8.16. The number of aryl methyl sites for hydroxylation is 1. The van der Waals surface area contributed by atoms with E-state index in [9.17, 15) is 0 Å². The minimum atomic E-state index is 0.419. The third-order valence-electron chi connectivity index (χ3n) is 4.19. The van der Waals surface area contributed by atoms with E-state index in [1.165, 1.54) is 0 Å². The van der Waals surface area contributed by atoms with Crippen molar-refractivity contribution < 1.29 is 8.94 Å². The summed E-state index contributed by atoms with van der Waals surface area (Å²) in [5, 5.41) is 10.5. The molecule has 9 heteroatoms. The van der Waals surface area contributed by atoms with Crippen LogP contribution in [0.25, 0.3) is 10.8 Å². The molecule has 4 rings (SSSR count). The van der Waals surface area contributed by atoms with E-state index in [1.807, 2.05) is 30.5 Å². The third kappa shape index (κ3) is 3.90. The minimum absolute atomic E-state index is 0.419. The van der Waals surface area contributed by atoms with Crippen molar-refractivity contribution in [3.8, 4) is 10.8 Å². The molecule has 3 aromatic heterocycles. The number of thiophene rings is 1. The summed E-state index contributed by atoms with van der Waals surface area (Å²) in [7, 11) is 0. The highest BCUT2D eigenvalue weighted by atomic mass is 32.1. The summed E-state index contributed by atoms with van der Waals surface area (Å²) >= 11 is 6.91. The van der Waals surface area contributed by atoms with E-state index in [-0.39, 0.29) is 0 Å². The molecule has 25 heavy (non-hydrogen) atoms. The van der Waals surface area contributed by atoms with Crippen molar-refractivity contribution in [2.75, 3.05) is 26.2 Å². The molecule has 1 saturated heterocycles. The number of nitrogens with zero attached hydrogens (tertiary/aromatic N) is 5. The maximum absolute atomic E-state index is 5.62. The zero-order chi connectivity index (χ0) is 17.2. The molecule has 3 aromatic rings. The van der Waals surface area contributed by atoms with Gasteiger partial charge in [-0.05, 0) is 30.6 Å². The molecule has 7 nitrogen and oxygen atoms in total. The maximum atomic E-state index is 5.62. The molecule has 0 bridgehead atoms. The Morgan fingerprint density at radius 2 is 2.04 bits per heavy atom. The van der Waals surface area contributed by atoms with Crippen LogP contribution in [0, 0.1) is 11.8 Å². The Balaban J connectivity index is 1.33. The number of rotatable bonds is 5. The van der Waals surface area contributed by atoms with E-state index < -0.39 is 0 Å². The topological polar surface area (TPSA) is 63.5 Å². The largest absolute Gasteiger partial charge is 0.408 e. The molecule has 0 radical (unpaired) electrons. The van der Waals surface area contributed by atoms with Gasteiger partial charge < -0.3 is 8.94 Å². The summed E-state index contributed by atoms with van der Waals surface area (Å²) in [6.07, 6.45) is 0. The fraction of sp³-hybridized carbons (Fsp3) is 0.438. The Labute approximate surface area is 154 Å². The summed E-state index contributed by atoms with van der Waals surface area (Å²) in [5.74, 6) is 1.52. The molecule has 132 valence electrons. The van der Waals surface area contributed by atoms with Crippen molar-refractivity contribution in [1.82, 2.24) is 24.7 Å². The second kappa shape index (κ2) is 7.20. The second-order valence-corrected chi connectivity index (χ2v) is 7.42. The van der Waals surface area contributed by atoms with Crippen molar-refractivity contribution in [3.05, 3.63) is 39.9 Å². The number of hydrogen-bond acceptors (Lipinski definition) is 8. The van der Waals surface area contributed by atoms with E-state index in [0.717, 1.165) is 49.1 Å². The Morgan fingerprint density at radius 1 is 1.24 bits per heavy atom. The van der Waals surface area contributed by atoms with Crippen LogP contribution in [0.5, 0.6) is 0 Å². The summed E-state index contributed by atoms with van der Waals surface area (Å²) in [6.45, 7) is 7.26. The van der Waals surface area contributed by atoms with E-state index in [1.54, 1.807) is 16.0 Å². The average molecular weight is 377 g/mol. The molecule has 1 fully saturated rings. The van der Waals surface area contributed by atoms with Gasteiger partial charge in [0.25, 0.3) is 10.7 Å². The smallest absolute Gasteiger partial charge is 0.288 e. The minimum Gasteiger partial charge on any atom is -0.408 e. The summed E-state index contributed by atoms with van der Waals surface area (Å²) in [4.78, 5) is 6.12. The predicted octanol–water partition coefficient (Wildman–Crippen LogP) is 3.01. The normalized spacial score (nSPS) is 16.5. The van der Waals surface area contributed by atoms with E-state index in [4.69, 9.17) is 21.2 Å². The third-order valence-corrected chi connectivity index (χ3v) is 5.35. The Morgan fingerprint density at radius 3 is 2.72 bits per heavy atom. The van der Waals surface area contributed by atoms with E-state index in [0.29, 0.717) is 17.4 Å². The first-order valence-corrected chi connectivity index (χ1v) is 9.45. The maximum Gasteiger partial charge on any atom is 0.288 e. The van der Waals surface area contributed by atoms with Crippen molar-refractivity contribution in [3.63, 3.8) is 0 Å². The van der Waals surface area contributed by atoms with Crippen LogP contribution >= 0.6 is 23.6 Å². The number of piperazine rings is 1.